The summed E-state index contributed by atoms with van der Waals surface area (Å²) in [5.41, 5.74) is 5.74. The molecule has 0 spiro atoms. The van der Waals surface area contributed by atoms with Gasteiger partial charge in [-0.2, -0.15) is 0 Å². The molecule has 2 N–H and O–H groups in total. The highest BCUT2D eigenvalue weighted by Crippen LogP contribution is 2.53. The van der Waals surface area contributed by atoms with Crippen molar-refractivity contribution in [2.75, 3.05) is 0 Å². The van der Waals surface area contributed by atoms with Gasteiger partial charge in [-0.1, -0.05) is 24.3 Å². The first kappa shape index (κ1) is 14.4. The standard InChI is InChI=1S/C24H16N2O2/c1-3-7-15-13(5-1)21-17(25-15)9-11-19-23(21)27-20-12-10-18-22(24(20)28-19)14-6-2-4-8-16(14)26-18/h1,3-5,7-12,25-26H,2,6H2. The van der Waals surface area contributed by atoms with Gasteiger partial charge in [0.25, 0.3) is 0 Å². The Morgan fingerprint density at radius 2 is 1.46 bits per heavy atom. The fourth-order valence-corrected chi connectivity index (χ4v) is 4.63. The zero-order chi connectivity index (χ0) is 18.2. The molecule has 7 rings (SSSR count). The Morgan fingerprint density at radius 1 is 0.714 bits per heavy atom. The van der Waals surface area contributed by atoms with Gasteiger partial charge in [0.15, 0.2) is 23.0 Å². The Balaban J connectivity index is 1.51. The third kappa shape index (κ3) is 1.75. The smallest absolute Gasteiger partial charge is 0.180 e. The van der Waals surface area contributed by atoms with Gasteiger partial charge in [0.2, 0.25) is 0 Å². The van der Waals surface area contributed by atoms with E-state index in [0.29, 0.717) is 0 Å². The average Bonchev–Trinajstić information content (AvgIpc) is 3.30. The first-order chi connectivity index (χ1) is 13.9. The summed E-state index contributed by atoms with van der Waals surface area (Å²) in [6, 6.07) is 16.4. The molecule has 1 aliphatic heterocycles. The molecular formula is C24H16N2O2. The Morgan fingerprint density at radius 3 is 2.32 bits per heavy atom. The van der Waals surface area contributed by atoms with E-state index in [1.54, 1.807) is 0 Å². The maximum atomic E-state index is 6.46. The first-order valence-electron chi connectivity index (χ1n) is 9.60. The van der Waals surface area contributed by atoms with Gasteiger partial charge in [0.1, 0.15) is 0 Å². The maximum Gasteiger partial charge on any atom is 0.180 e. The Kier molecular flexibility index (Phi) is 2.56. The van der Waals surface area contributed by atoms with Crippen molar-refractivity contribution in [3.05, 3.63) is 65.9 Å². The van der Waals surface area contributed by atoms with Gasteiger partial charge in [-0.15, -0.1) is 0 Å². The molecule has 0 saturated heterocycles. The van der Waals surface area contributed by atoms with E-state index in [2.05, 4.69) is 52.5 Å². The normalized spacial score (nSPS) is 14.6. The second-order valence-electron chi connectivity index (χ2n) is 7.46. The summed E-state index contributed by atoms with van der Waals surface area (Å²) in [7, 11) is 0. The highest BCUT2D eigenvalue weighted by molar-refractivity contribution is 6.12. The van der Waals surface area contributed by atoms with E-state index in [4.69, 9.17) is 9.47 Å². The lowest BCUT2D eigenvalue weighted by molar-refractivity contribution is 0.367. The predicted molar refractivity (Wildman–Crippen MR) is 112 cm³/mol. The van der Waals surface area contributed by atoms with Crippen LogP contribution >= 0.6 is 0 Å². The summed E-state index contributed by atoms with van der Waals surface area (Å²) in [5, 5.41) is 3.35. The minimum atomic E-state index is 0.763. The minimum Gasteiger partial charge on any atom is -0.449 e. The molecule has 0 atom stereocenters. The predicted octanol–water partition coefficient (Wildman–Crippen LogP) is 6.66. The van der Waals surface area contributed by atoms with E-state index in [9.17, 15) is 0 Å². The molecule has 134 valence electrons. The van der Waals surface area contributed by atoms with Crippen LogP contribution in [0.25, 0.3) is 38.8 Å². The molecule has 0 fully saturated rings. The number of aromatic amines is 2. The average molecular weight is 364 g/mol. The number of H-pyrrole nitrogens is 2. The van der Waals surface area contributed by atoms with E-state index in [1.165, 1.54) is 11.3 Å². The zero-order valence-electron chi connectivity index (χ0n) is 15.0. The van der Waals surface area contributed by atoms with Gasteiger partial charge in [-0.3, -0.25) is 0 Å². The molecule has 4 nitrogen and oxygen atoms in total. The highest BCUT2D eigenvalue weighted by Gasteiger charge is 2.27. The van der Waals surface area contributed by atoms with E-state index in [0.717, 1.165) is 68.5 Å². The summed E-state index contributed by atoms with van der Waals surface area (Å²) in [4.78, 5) is 6.98. The van der Waals surface area contributed by atoms with Crippen LogP contribution in [0.5, 0.6) is 23.0 Å². The molecule has 0 unspecified atom stereocenters. The van der Waals surface area contributed by atoms with Gasteiger partial charge in [0, 0.05) is 22.0 Å². The van der Waals surface area contributed by atoms with E-state index in [1.807, 2.05) is 18.2 Å². The van der Waals surface area contributed by atoms with Crippen molar-refractivity contribution in [1.82, 2.24) is 9.97 Å². The lowest BCUT2D eigenvalue weighted by Crippen LogP contribution is -2.00. The second kappa shape index (κ2) is 4.98. The topological polar surface area (TPSA) is 50.0 Å². The molecule has 2 aromatic heterocycles. The van der Waals surface area contributed by atoms with Crippen LogP contribution in [0.4, 0.5) is 0 Å². The van der Waals surface area contributed by atoms with Gasteiger partial charge in [-0.25, -0.2) is 0 Å². The SMILES string of the molecule is C1=Cc2[nH]c3ccc4c(c3c2CC1)Oc1ccc2[nH]c3ccccc3c2c1O4. The molecule has 0 saturated carbocycles. The number of nitrogens with one attached hydrogen (secondary N) is 2. The van der Waals surface area contributed by atoms with E-state index >= 15 is 0 Å². The third-order valence-corrected chi connectivity index (χ3v) is 5.87. The van der Waals surface area contributed by atoms with Crippen molar-refractivity contribution in [2.45, 2.75) is 12.8 Å². The largest absolute Gasteiger partial charge is 0.449 e. The summed E-state index contributed by atoms with van der Waals surface area (Å²) < 4.78 is 12.9. The number of aromatic nitrogens is 2. The molecule has 5 aromatic rings. The van der Waals surface area contributed by atoms with Gasteiger partial charge >= 0.3 is 0 Å². The number of aryl methyl sites for hydroxylation is 1. The molecule has 4 heteroatoms. The lowest BCUT2D eigenvalue weighted by Gasteiger charge is -2.22. The number of hydrogen-bond acceptors (Lipinski definition) is 2. The fraction of sp³-hybridized carbons (Fsp3) is 0.0833. The number of ether oxygens (including phenoxy) is 2. The van der Waals surface area contributed by atoms with Gasteiger partial charge in [0.05, 0.1) is 16.4 Å². The van der Waals surface area contributed by atoms with Crippen molar-refractivity contribution in [3.8, 4) is 23.0 Å². The van der Waals surface area contributed by atoms with Crippen molar-refractivity contribution < 1.29 is 9.47 Å². The molecule has 3 heterocycles. The Bertz CT molecular complexity index is 1470. The van der Waals surface area contributed by atoms with Gasteiger partial charge in [-0.05, 0) is 54.8 Å². The lowest BCUT2D eigenvalue weighted by atomic mass is 10.00. The highest BCUT2D eigenvalue weighted by atomic mass is 16.6. The number of rotatable bonds is 0. The number of fused-ring (bicyclic) bond motifs is 10. The van der Waals surface area contributed by atoms with Crippen molar-refractivity contribution >= 4 is 38.8 Å². The minimum absolute atomic E-state index is 0.763. The van der Waals surface area contributed by atoms with E-state index < -0.39 is 0 Å². The van der Waals surface area contributed by atoms with Crippen LogP contribution in [0, 0.1) is 0 Å². The number of hydrogen-bond donors (Lipinski definition) is 2. The van der Waals surface area contributed by atoms with Crippen LogP contribution in [-0.2, 0) is 6.42 Å². The molecule has 3 aromatic carbocycles. The molecule has 2 aliphatic rings. The first-order valence-corrected chi connectivity index (χ1v) is 9.60. The quantitative estimate of drug-likeness (QED) is 0.317. The van der Waals surface area contributed by atoms with Crippen molar-refractivity contribution in [1.29, 1.82) is 0 Å². The molecule has 0 amide bonds. The zero-order valence-corrected chi connectivity index (χ0v) is 15.0. The molecule has 0 radical (unpaired) electrons. The van der Waals surface area contributed by atoms with Crippen LogP contribution in [-0.4, -0.2) is 9.97 Å². The van der Waals surface area contributed by atoms with Crippen molar-refractivity contribution in [3.63, 3.8) is 0 Å². The van der Waals surface area contributed by atoms with Crippen LogP contribution in [0.3, 0.4) is 0 Å². The molecule has 0 bridgehead atoms. The van der Waals surface area contributed by atoms with Crippen LogP contribution in [0.2, 0.25) is 0 Å². The monoisotopic (exact) mass is 364 g/mol. The van der Waals surface area contributed by atoms with Crippen LogP contribution in [0.1, 0.15) is 17.7 Å². The summed E-state index contributed by atoms with van der Waals surface area (Å²) in [6.07, 6.45) is 6.44. The van der Waals surface area contributed by atoms with Crippen LogP contribution in [0.15, 0.2) is 54.6 Å². The van der Waals surface area contributed by atoms with Crippen molar-refractivity contribution in [2.24, 2.45) is 0 Å². The molecule has 28 heavy (non-hydrogen) atoms. The summed E-state index contributed by atoms with van der Waals surface area (Å²) >= 11 is 0. The number of para-hydroxylation sites is 1. The van der Waals surface area contributed by atoms with Crippen LogP contribution < -0.4 is 9.47 Å². The number of allylic oxidation sites excluding steroid dienone is 1. The Hall–Kier alpha value is -3.66. The summed E-state index contributed by atoms with van der Waals surface area (Å²) in [6.45, 7) is 0. The van der Waals surface area contributed by atoms with Gasteiger partial charge < -0.3 is 19.4 Å². The molecular weight excluding hydrogens is 348 g/mol. The third-order valence-electron chi connectivity index (χ3n) is 5.87. The summed E-state index contributed by atoms with van der Waals surface area (Å²) in [5.74, 6) is 3.13. The Labute approximate surface area is 160 Å². The van der Waals surface area contributed by atoms with E-state index in [-0.39, 0.29) is 0 Å². The number of benzene rings is 3. The fourth-order valence-electron chi connectivity index (χ4n) is 4.63. The molecule has 1 aliphatic carbocycles. The maximum absolute atomic E-state index is 6.46. The second-order valence-corrected chi connectivity index (χ2v) is 7.46.